The molecule has 0 N–H and O–H groups in total. The molecule has 0 spiro atoms. The molecule has 4 nitrogen and oxygen atoms in total. The molecule has 0 aliphatic carbocycles. The Bertz CT molecular complexity index is 611. The van der Waals surface area contributed by atoms with Gasteiger partial charge in [-0.2, -0.15) is 0 Å². The van der Waals surface area contributed by atoms with Gasteiger partial charge in [0.2, 0.25) is 0 Å². The van der Waals surface area contributed by atoms with Gasteiger partial charge in [0.25, 0.3) is 0 Å². The molecule has 8 heteroatoms. The molecule has 1 rings (SSSR count). The number of benzene rings is 1. The number of esters is 2. The van der Waals surface area contributed by atoms with Crippen molar-refractivity contribution in [2.45, 2.75) is 13.8 Å². The molecular formula is C14H12Cl4O4. The van der Waals surface area contributed by atoms with E-state index < -0.39 is 11.9 Å². The Labute approximate surface area is 147 Å². The van der Waals surface area contributed by atoms with E-state index in [1.807, 2.05) is 13.8 Å². The summed E-state index contributed by atoms with van der Waals surface area (Å²) in [5, 5.41) is 0.0620. The number of hydrogen-bond acceptors (Lipinski definition) is 4. The van der Waals surface area contributed by atoms with Crippen molar-refractivity contribution in [2.75, 3.05) is 6.61 Å². The molecule has 1 aromatic carbocycles. The molecule has 0 saturated carbocycles. The molecule has 1 aromatic rings. The zero-order chi connectivity index (χ0) is 16.9. The first-order chi connectivity index (χ1) is 10.2. The lowest BCUT2D eigenvalue weighted by atomic mass is 10.2. The SMILES string of the molecule is CC(C)COC(=O)/C=C/C(=O)Oc1c(Cl)cc(Cl)c(Cl)c1Cl. The highest BCUT2D eigenvalue weighted by molar-refractivity contribution is 6.50. The van der Waals surface area contributed by atoms with E-state index in [4.69, 9.17) is 55.9 Å². The first-order valence-electron chi connectivity index (χ1n) is 6.12. The quantitative estimate of drug-likeness (QED) is 0.236. The topological polar surface area (TPSA) is 52.6 Å². The van der Waals surface area contributed by atoms with Gasteiger partial charge in [0.05, 0.1) is 21.7 Å². The van der Waals surface area contributed by atoms with Gasteiger partial charge < -0.3 is 9.47 Å². The highest BCUT2D eigenvalue weighted by Gasteiger charge is 2.17. The summed E-state index contributed by atoms with van der Waals surface area (Å²) in [7, 11) is 0. The predicted molar refractivity (Wildman–Crippen MR) is 87.1 cm³/mol. The van der Waals surface area contributed by atoms with Crippen LogP contribution in [0, 0.1) is 5.92 Å². The minimum Gasteiger partial charge on any atom is -0.462 e. The Hall–Kier alpha value is -0.940. The van der Waals surface area contributed by atoms with Gasteiger partial charge in [0.15, 0.2) is 5.75 Å². The zero-order valence-corrected chi connectivity index (χ0v) is 14.7. The minimum absolute atomic E-state index is 0.0101. The van der Waals surface area contributed by atoms with Gasteiger partial charge in [0.1, 0.15) is 5.02 Å². The van der Waals surface area contributed by atoms with Crippen molar-refractivity contribution in [1.82, 2.24) is 0 Å². The fourth-order valence-corrected chi connectivity index (χ4v) is 2.19. The van der Waals surface area contributed by atoms with Crippen LogP contribution in [0.15, 0.2) is 18.2 Å². The summed E-state index contributed by atoms with van der Waals surface area (Å²) < 4.78 is 9.81. The maximum atomic E-state index is 11.6. The molecule has 0 aliphatic heterocycles. The highest BCUT2D eigenvalue weighted by atomic mass is 35.5. The smallest absolute Gasteiger partial charge is 0.336 e. The normalized spacial score (nSPS) is 11.0. The maximum absolute atomic E-state index is 11.6. The van der Waals surface area contributed by atoms with E-state index in [0.717, 1.165) is 12.2 Å². The van der Waals surface area contributed by atoms with Crippen LogP contribution in [0.5, 0.6) is 5.75 Å². The van der Waals surface area contributed by atoms with E-state index in [1.165, 1.54) is 6.07 Å². The summed E-state index contributed by atoms with van der Waals surface area (Å²) >= 11 is 23.4. The molecule has 22 heavy (non-hydrogen) atoms. The highest BCUT2D eigenvalue weighted by Crippen LogP contribution is 2.42. The molecule has 120 valence electrons. The summed E-state index contributed by atoms with van der Waals surface area (Å²) in [5.41, 5.74) is 0. The molecular weight excluding hydrogens is 374 g/mol. The Morgan fingerprint density at radius 3 is 2.23 bits per heavy atom. The van der Waals surface area contributed by atoms with Crippen LogP contribution in [-0.4, -0.2) is 18.5 Å². The lowest BCUT2D eigenvalue weighted by molar-refractivity contribution is -0.139. The fraction of sp³-hybridized carbons (Fsp3) is 0.286. The van der Waals surface area contributed by atoms with Crippen molar-refractivity contribution in [2.24, 2.45) is 5.92 Å². The van der Waals surface area contributed by atoms with Gasteiger partial charge in [-0.15, -0.1) is 0 Å². The second-order valence-corrected chi connectivity index (χ2v) is 6.15. The van der Waals surface area contributed by atoms with E-state index >= 15 is 0 Å². The van der Waals surface area contributed by atoms with E-state index in [1.54, 1.807) is 0 Å². The Kier molecular flexibility index (Phi) is 7.49. The molecule has 0 unspecified atom stereocenters. The molecule has 0 radical (unpaired) electrons. The lowest BCUT2D eigenvalue weighted by Gasteiger charge is -2.09. The second kappa shape index (κ2) is 8.63. The third-order valence-electron chi connectivity index (χ3n) is 2.19. The van der Waals surface area contributed by atoms with E-state index in [9.17, 15) is 9.59 Å². The van der Waals surface area contributed by atoms with Crippen molar-refractivity contribution in [3.8, 4) is 5.75 Å². The maximum Gasteiger partial charge on any atom is 0.336 e. The van der Waals surface area contributed by atoms with Crippen LogP contribution in [0.25, 0.3) is 0 Å². The number of hydrogen-bond donors (Lipinski definition) is 0. The Morgan fingerprint density at radius 1 is 1.05 bits per heavy atom. The molecule has 0 aliphatic rings. The molecule has 0 saturated heterocycles. The van der Waals surface area contributed by atoms with Gasteiger partial charge in [-0.3, -0.25) is 0 Å². The van der Waals surface area contributed by atoms with E-state index in [-0.39, 0.29) is 38.4 Å². The average Bonchev–Trinajstić information content (AvgIpc) is 2.45. The Balaban J connectivity index is 2.74. The third kappa shape index (κ3) is 5.69. The zero-order valence-electron chi connectivity index (χ0n) is 11.7. The van der Waals surface area contributed by atoms with Crippen molar-refractivity contribution in [1.29, 1.82) is 0 Å². The average molecular weight is 386 g/mol. The lowest BCUT2D eigenvalue weighted by Crippen LogP contribution is -2.09. The molecule has 0 heterocycles. The fourth-order valence-electron chi connectivity index (χ4n) is 1.21. The number of halogens is 4. The first kappa shape index (κ1) is 19.1. The molecule has 0 amide bonds. The van der Waals surface area contributed by atoms with Gasteiger partial charge in [0, 0.05) is 12.2 Å². The van der Waals surface area contributed by atoms with Gasteiger partial charge >= 0.3 is 11.9 Å². The van der Waals surface area contributed by atoms with Crippen molar-refractivity contribution >= 4 is 58.3 Å². The van der Waals surface area contributed by atoms with Crippen LogP contribution in [0.3, 0.4) is 0 Å². The minimum atomic E-state index is -0.858. The largest absolute Gasteiger partial charge is 0.462 e. The number of carbonyl (C=O) groups excluding carboxylic acids is 2. The molecule has 0 bridgehead atoms. The van der Waals surface area contributed by atoms with Crippen LogP contribution < -0.4 is 4.74 Å². The molecule has 0 atom stereocenters. The number of carbonyl (C=O) groups is 2. The second-order valence-electron chi connectivity index (χ2n) is 4.58. The van der Waals surface area contributed by atoms with Crippen molar-refractivity contribution < 1.29 is 19.1 Å². The molecule has 0 fully saturated rings. The van der Waals surface area contributed by atoms with Gasteiger partial charge in [-0.1, -0.05) is 60.3 Å². The van der Waals surface area contributed by atoms with Crippen LogP contribution in [-0.2, 0) is 14.3 Å². The standard InChI is InChI=1S/C14H12Cl4O4/c1-7(2)6-21-10(19)3-4-11(20)22-14-9(16)5-8(15)12(17)13(14)18/h3-5,7H,6H2,1-2H3/b4-3+. The third-order valence-corrected chi connectivity index (χ3v) is 3.71. The van der Waals surface area contributed by atoms with Crippen molar-refractivity contribution in [3.63, 3.8) is 0 Å². The monoisotopic (exact) mass is 384 g/mol. The first-order valence-corrected chi connectivity index (χ1v) is 7.63. The predicted octanol–water partition coefficient (Wildman–Crippen LogP) is 4.96. The molecule has 0 aromatic heterocycles. The van der Waals surface area contributed by atoms with Crippen LogP contribution in [0.1, 0.15) is 13.8 Å². The van der Waals surface area contributed by atoms with E-state index in [0.29, 0.717) is 0 Å². The van der Waals surface area contributed by atoms with E-state index in [2.05, 4.69) is 0 Å². The number of rotatable bonds is 5. The van der Waals surface area contributed by atoms with Crippen LogP contribution >= 0.6 is 46.4 Å². The van der Waals surface area contributed by atoms with Gasteiger partial charge in [-0.25, -0.2) is 9.59 Å². The number of ether oxygens (including phenoxy) is 2. The summed E-state index contributed by atoms with van der Waals surface area (Å²) in [4.78, 5) is 23.0. The van der Waals surface area contributed by atoms with Crippen LogP contribution in [0.4, 0.5) is 0 Å². The summed E-state index contributed by atoms with van der Waals surface area (Å²) in [6, 6.07) is 1.29. The summed E-state index contributed by atoms with van der Waals surface area (Å²) in [6.45, 7) is 4.03. The summed E-state index contributed by atoms with van der Waals surface area (Å²) in [6.07, 6.45) is 1.85. The Morgan fingerprint density at radius 2 is 1.64 bits per heavy atom. The summed E-state index contributed by atoms with van der Waals surface area (Å²) in [5.74, 6) is -1.46. The van der Waals surface area contributed by atoms with Crippen LogP contribution in [0.2, 0.25) is 20.1 Å². The van der Waals surface area contributed by atoms with Crippen molar-refractivity contribution in [3.05, 3.63) is 38.3 Å². The van der Waals surface area contributed by atoms with Gasteiger partial charge in [-0.05, 0) is 12.0 Å².